The summed E-state index contributed by atoms with van der Waals surface area (Å²) < 4.78 is 0. The van der Waals surface area contributed by atoms with Crippen LogP contribution < -0.4 is 10.6 Å². The fourth-order valence-electron chi connectivity index (χ4n) is 2.01. The van der Waals surface area contributed by atoms with E-state index in [1.165, 1.54) is 5.56 Å². The molecule has 2 N–H and O–H groups in total. The number of pyridine rings is 1. The van der Waals surface area contributed by atoms with Gasteiger partial charge in [-0.3, -0.25) is 4.98 Å². The summed E-state index contributed by atoms with van der Waals surface area (Å²) in [6.45, 7) is 8.38. The molecule has 0 amide bonds. The van der Waals surface area contributed by atoms with Crippen molar-refractivity contribution in [2.24, 2.45) is 4.99 Å². The van der Waals surface area contributed by atoms with Crippen molar-refractivity contribution in [1.82, 2.24) is 20.6 Å². The molecule has 2 rings (SSSR count). The van der Waals surface area contributed by atoms with Gasteiger partial charge in [-0.1, -0.05) is 6.07 Å². The molecule has 0 fully saturated rings. The summed E-state index contributed by atoms with van der Waals surface area (Å²) in [4.78, 5) is 13.4. The molecule has 0 aromatic carbocycles. The first-order chi connectivity index (χ1) is 10.7. The molecule has 2 heterocycles. The maximum Gasteiger partial charge on any atom is 0.191 e. The van der Waals surface area contributed by atoms with Crippen LogP contribution in [0, 0.1) is 13.8 Å². The van der Waals surface area contributed by atoms with Gasteiger partial charge in [0.2, 0.25) is 0 Å². The van der Waals surface area contributed by atoms with Crippen molar-refractivity contribution in [3.05, 3.63) is 45.7 Å². The van der Waals surface area contributed by atoms with Crippen LogP contribution in [-0.4, -0.2) is 29.0 Å². The van der Waals surface area contributed by atoms with Crippen LogP contribution in [0.2, 0.25) is 0 Å². The summed E-state index contributed by atoms with van der Waals surface area (Å²) in [6.07, 6.45) is 2.71. The van der Waals surface area contributed by atoms with Crippen molar-refractivity contribution in [3.8, 4) is 0 Å². The number of halogens is 1. The molecule has 23 heavy (non-hydrogen) atoms. The molecule has 7 heteroatoms. The molecule has 5 nitrogen and oxygen atoms in total. The molecule has 0 atom stereocenters. The van der Waals surface area contributed by atoms with Crippen LogP contribution in [0.5, 0.6) is 0 Å². The van der Waals surface area contributed by atoms with Crippen LogP contribution in [0.4, 0.5) is 0 Å². The largest absolute Gasteiger partial charge is 0.357 e. The van der Waals surface area contributed by atoms with Crippen molar-refractivity contribution < 1.29 is 0 Å². The third-order valence-corrected chi connectivity index (χ3v) is 4.01. The van der Waals surface area contributed by atoms with Gasteiger partial charge in [0.1, 0.15) is 0 Å². The van der Waals surface area contributed by atoms with Gasteiger partial charge in [-0.05, 0) is 32.4 Å². The summed E-state index contributed by atoms with van der Waals surface area (Å²) in [7, 11) is 0. The van der Waals surface area contributed by atoms with Crippen LogP contribution in [0.15, 0.2) is 28.7 Å². The standard InChI is InChI=1S/C16H23N5S.HI/c1-4-17-16(19-9-7-14-11-22-13(3)21-14)20-10-15-12(2)6-5-8-18-15;/h5-6,8,11H,4,7,9-10H2,1-3H3,(H2,17,19,20);1H. The third kappa shape index (κ3) is 6.82. The van der Waals surface area contributed by atoms with E-state index in [2.05, 4.69) is 50.9 Å². The third-order valence-electron chi connectivity index (χ3n) is 3.19. The van der Waals surface area contributed by atoms with Gasteiger partial charge < -0.3 is 10.6 Å². The Morgan fingerprint density at radius 2 is 2.13 bits per heavy atom. The van der Waals surface area contributed by atoms with Crippen LogP contribution in [0.3, 0.4) is 0 Å². The molecule has 126 valence electrons. The topological polar surface area (TPSA) is 62.2 Å². The molecule has 0 aliphatic carbocycles. The van der Waals surface area contributed by atoms with E-state index in [0.29, 0.717) is 6.54 Å². The summed E-state index contributed by atoms with van der Waals surface area (Å²) in [5.74, 6) is 0.819. The Morgan fingerprint density at radius 3 is 2.78 bits per heavy atom. The molecule has 0 unspecified atom stereocenters. The van der Waals surface area contributed by atoms with E-state index < -0.39 is 0 Å². The lowest BCUT2D eigenvalue weighted by Gasteiger charge is -2.11. The highest BCUT2D eigenvalue weighted by atomic mass is 127. The Labute approximate surface area is 159 Å². The van der Waals surface area contributed by atoms with Crippen LogP contribution >= 0.6 is 35.3 Å². The van der Waals surface area contributed by atoms with Gasteiger partial charge >= 0.3 is 0 Å². The minimum atomic E-state index is 0. The second kappa shape index (κ2) is 10.5. The molecule has 0 saturated heterocycles. The van der Waals surface area contributed by atoms with E-state index in [1.807, 2.05) is 19.2 Å². The molecule has 0 spiro atoms. The van der Waals surface area contributed by atoms with E-state index >= 15 is 0 Å². The molecular weight excluding hydrogens is 421 g/mol. The van der Waals surface area contributed by atoms with Crippen molar-refractivity contribution in [3.63, 3.8) is 0 Å². The predicted molar refractivity (Wildman–Crippen MR) is 108 cm³/mol. The molecule has 0 aliphatic rings. The summed E-state index contributed by atoms with van der Waals surface area (Å²) >= 11 is 1.69. The average molecular weight is 445 g/mol. The number of thiazole rings is 1. The van der Waals surface area contributed by atoms with Crippen LogP contribution in [-0.2, 0) is 13.0 Å². The Hall–Kier alpha value is -1.22. The summed E-state index contributed by atoms with van der Waals surface area (Å²) in [6, 6.07) is 4.00. The Balaban J connectivity index is 0.00000264. The number of guanidine groups is 1. The number of aliphatic imine (C=N–C) groups is 1. The smallest absolute Gasteiger partial charge is 0.191 e. The quantitative estimate of drug-likeness (QED) is 0.408. The number of hydrogen-bond acceptors (Lipinski definition) is 4. The predicted octanol–water partition coefficient (Wildman–Crippen LogP) is 3.07. The van der Waals surface area contributed by atoms with Crippen molar-refractivity contribution in [2.75, 3.05) is 13.1 Å². The first kappa shape index (κ1) is 19.8. The molecule has 0 bridgehead atoms. The lowest BCUT2D eigenvalue weighted by atomic mass is 10.2. The monoisotopic (exact) mass is 445 g/mol. The normalized spacial score (nSPS) is 11.0. The van der Waals surface area contributed by atoms with Gasteiger partial charge in [-0.15, -0.1) is 35.3 Å². The maximum atomic E-state index is 4.60. The molecule has 2 aromatic rings. The van der Waals surface area contributed by atoms with Crippen molar-refractivity contribution in [1.29, 1.82) is 0 Å². The highest BCUT2D eigenvalue weighted by Crippen LogP contribution is 2.08. The number of aryl methyl sites for hydroxylation is 2. The SMILES string of the molecule is CCNC(=NCc1ncccc1C)NCCc1csc(C)n1.I. The average Bonchev–Trinajstić information content (AvgIpc) is 2.92. The summed E-state index contributed by atoms with van der Waals surface area (Å²) in [5, 5.41) is 9.82. The fraction of sp³-hybridized carbons (Fsp3) is 0.438. The Kier molecular flexibility index (Phi) is 9.08. The van der Waals surface area contributed by atoms with E-state index in [1.54, 1.807) is 11.3 Å². The molecule has 2 aromatic heterocycles. The number of hydrogen-bond donors (Lipinski definition) is 2. The van der Waals surface area contributed by atoms with Gasteiger partial charge in [0.25, 0.3) is 0 Å². The molecule has 0 aliphatic heterocycles. The second-order valence-electron chi connectivity index (χ2n) is 5.00. The van der Waals surface area contributed by atoms with E-state index in [0.717, 1.165) is 41.9 Å². The Bertz CT molecular complexity index is 626. The molecular formula is C16H24IN5S. The minimum Gasteiger partial charge on any atom is -0.357 e. The highest BCUT2D eigenvalue weighted by molar-refractivity contribution is 14.0. The van der Waals surface area contributed by atoms with Gasteiger partial charge in [-0.2, -0.15) is 0 Å². The first-order valence-corrected chi connectivity index (χ1v) is 8.40. The number of nitrogens with zero attached hydrogens (tertiary/aromatic N) is 3. The number of nitrogens with one attached hydrogen (secondary N) is 2. The molecule has 0 radical (unpaired) electrons. The molecule has 0 saturated carbocycles. The first-order valence-electron chi connectivity index (χ1n) is 7.52. The van der Waals surface area contributed by atoms with E-state index in [9.17, 15) is 0 Å². The zero-order chi connectivity index (χ0) is 15.8. The number of aromatic nitrogens is 2. The highest BCUT2D eigenvalue weighted by Gasteiger charge is 2.02. The van der Waals surface area contributed by atoms with Crippen LogP contribution in [0.25, 0.3) is 0 Å². The van der Waals surface area contributed by atoms with Crippen molar-refractivity contribution in [2.45, 2.75) is 33.7 Å². The fourth-order valence-corrected chi connectivity index (χ4v) is 2.66. The lowest BCUT2D eigenvalue weighted by molar-refractivity contribution is 0.787. The second-order valence-corrected chi connectivity index (χ2v) is 6.06. The van der Waals surface area contributed by atoms with Gasteiger partial charge in [0.15, 0.2) is 5.96 Å². The lowest BCUT2D eigenvalue weighted by Crippen LogP contribution is -2.38. The van der Waals surface area contributed by atoms with Gasteiger partial charge in [0.05, 0.1) is 22.9 Å². The van der Waals surface area contributed by atoms with Gasteiger partial charge in [-0.25, -0.2) is 9.98 Å². The van der Waals surface area contributed by atoms with Crippen molar-refractivity contribution >= 4 is 41.3 Å². The summed E-state index contributed by atoms with van der Waals surface area (Å²) in [5.41, 5.74) is 3.31. The Morgan fingerprint density at radius 1 is 1.30 bits per heavy atom. The van der Waals surface area contributed by atoms with E-state index in [-0.39, 0.29) is 24.0 Å². The number of rotatable bonds is 6. The van der Waals surface area contributed by atoms with Crippen LogP contribution in [0.1, 0.15) is 28.9 Å². The zero-order valence-electron chi connectivity index (χ0n) is 13.8. The zero-order valence-corrected chi connectivity index (χ0v) is 16.9. The van der Waals surface area contributed by atoms with E-state index in [4.69, 9.17) is 0 Å². The maximum absolute atomic E-state index is 4.60. The van der Waals surface area contributed by atoms with Gasteiger partial charge in [0, 0.05) is 31.1 Å². The minimum absolute atomic E-state index is 0.